The molecule has 0 aliphatic carbocycles. The van der Waals surface area contributed by atoms with Gasteiger partial charge in [0.2, 0.25) is 0 Å². The van der Waals surface area contributed by atoms with Crippen LogP contribution in [0.4, 0.5) is 0 Å². The number of fused-ring (bicyclic) bond motifs is 1. The smallest absolute Gasteiger partial charge is 0.127 e. The van der Waals surface area contributed by atoms with Gasteiger partial charge in [0.05, 0.1) is 6.61 Å². The molecular weight excluding hydrogens is 246 g/mol. The summed E-state index contributed by atoms with van der Waals surface area (Å²) in [5.41, 5.74) is 4.31. The van der Waals surface area contributed by atoms with E-state index in [1.807, 2.05) is 7.05 Å². The van der Waals surface area contributed by atoms with E-state index in [1.54, 1.807) is 0 Å². The van der Waals surface area contributed by atoms with Crippen LogP contribution in [0.1, 0.15) is 70.7 Å². The molecule has 1 heterocycles. The van der Waals surface area contributed by atoms with Crippen LogP contribution in [0.15, 0.2) is 12.1 Å². The second-order valence-electron chi connectivity index (χ2n) is 7.92. The van der Waals surface area contributed by atoms with Crippen LogP contribution in [0.3, 0.4) is 0 Å². The van der Waals surface area contributed by atoms with Gasteiger partial charge >= 0.3 is 0 Å². The number of nitrogens with one attached hydrogen (secondary N) is 1. The van der Waals surface area contributed by atoms with Crippen LogP contribution in [0.5, 0.6) is 5.75 Å². The third kappa shape index (κ3) is 2.85. The topological polar surface area (TPSA) is 21.3 Å². The molecule has 1 unspecified atom stereocenters. The van der Waals surface area contributed by atoms with Crippen LogP contribution in [0.25, 0.3) is 0 Å². The maximum absolute atomic E-state index is 6.04. The largest absolute Gasteiger partial charge is 0.493 e. The van der Waals surface area contributed by atoms with Crippen LogP contribution in [0.2, 0.25) is 0 Å². The van der Waals surface area contributed by atoms with Gasteiger partial charge in [-0.1, -0.05) is 47.6 Å². The second-order valence-corrected chi connectivity index (χ2v) is 7.92. The molecule has 0 bridgehead atoms. The van der Waals surface area contributed by atoms with Crippen molar-refractivity contribution in [2.75, 3.05) is 13.7 Å². The summed E-state index contributed by atoms with van der Waals surface area (Å²) in [7, 11) is 2.04. The van der Waals surface area contributed by atoms with Crippen molar-refractivity contribution in [2.24, 2.45) is 0 Å². The summed E-state index contributed by atoms with van der Waals surface area (Å²) in [6.45, 7) is 14.4. The molecule has 2 heteroatoms. The lowest BCUT2D eigenvalue weighted by Gasteiger charge is -2.34. The Kier molecular flexibility index (Phi) is 3.90. The Hall–Kier alpha value is -1.02. The van der Waals surface area contributed by atoms with E-state index in [2.05, 4.69) is 59.0 Å². The Labute approximate surface area is 123 Å². The molecule has 1 N–H and O–H groups in total. The number of rotatable bonds is 1. The Bertz CT molecular complexity index is 491. The number of benzene rings is 1. The van der Waals surface area contributed by atoms with E-state index in [1.165, 1.54) is 16.7 Å². The van der Waals surface area contributed by atoms with E-state index in [4.69, 9.17) is 4.74 Å². The van der Waals surface area contributed by atoms with Gasteiger partial charge in [-0.15, -0.1) is 0 Å². The van der Waals surface area contributed by atoms with Crippen LogP contribution in [-0.4, -0.2) is 13.7 Å². The summed E-state index contributed by atoms with van der Waals surface area (Å²) in [4.78, 5) is 0. The summed E-state index contributed by atoms with van der Waals surface area (Å²) in [5.74, 6) is 1.11. The molecule has 20 heavy (non-hydrogen) atoms. The zero-order chi connectivity index (χ0) is 15.1. The van der Waals surface area contributed by atoms with Crippen molar-refractivity contribution in [3.05, 3.63) is 28.8 Å². The monoisotopic (exact) mass is 275 g/mol. The van der Waals surface area contributed by atoms with E-state index < -0.39 is 0 Å². The molecule has 0 amide bonds. The minimum Gasteiger partial charge on any atom is -0.493 e. The molecular formula is C18H29NO. The van der Waals surface area contributed by atoms with Crippen molar-refractivity contribution in [1.29, 1.82) is 0 Å². The summed E-state index contributed by atoms with van der Waals surface area (Å²) in [6.07, 6.45) is 1.04. The lowest BCUT2D eigenvalue weighted by Crippen LogP contribution is -2.28. The van der Waals surface area contributed by atoms with Gasteiger partial charge in [0, 0.05) is 23.6 Å². The van der Waals surface area contributed by atoms with Crippen molar-refractivity contribution in [3.63, 3.8) is 0 Å². The van der Waals surface area contributed by atoms with Crippen molar-refractivity contribution in [3.8, 4) is 5.75 Å². The second kappa shape index (κ2) is 5.07. The van der Waals surface area contributed by atoms with Gasteiger partial charge in [0.25, 0.3) is 0 Å². The third-order valence-corrected chi connectivity index (χ3v) is 4.17. The van der Waals surface area contributed by atoms with Crippen molar-refractivity contribution >= 4 is 0 Å². The molecule has 2 rings (SSSR count). The first-order chi connectivity index (χ1) is 9.14. The number of hydrogen-bond acceptors (Lipinski definition) is 2. The van der Waals surface area contributed by atoms with Gasteiger partial charge in [-0.25, -0.2) is 0 Å². The fourth-order valence-corrected chi connectivity index (χ4v) is 2.80. The van der Waals surface area contributed by atoms with Gasteiger partial charge in [0.15, 0.2) is 0 Å². The average Bonchev–Trinajstić information content (AvgIpc) is 2.34. The minimum absolute atomic E-state index is 0.0982. The molecule has 0 saturated carbocycles. The van der Waals surface area contributed by atoms with E-state index in [0.29, 0.717) is 6.04 Å². The minimum atomic E-state index is 0.0982. The standard InChI is InChI=1S/C18H29NO/c1-17(2,3)12-10-13-15(19-7)8-9-20-16(13)14(11-12)18(4,5)6/h10-11,15,19H,8-9H2,1-7H3. The molecule has 1 aliphatic heterocycles. The summed E-state index contributed by atoms with van der Waals surface area (Å²) in [5, 5.41) is 3.44. The summed E-state index contributed by atoms with van der Waals surface area (Å²) >= 11 is 0. The molecule has 0 spiro atoms. The molecule has 2 nitrogen and oxygen atoms in total. The lowest BCUT2D eigenvalue weighted by atomic mass is 9.77. The van der Waals surface area contributed by atoms with E-state index in [0.717, 1.165) is 18.8 Å². The zero-order valence-electron chi connectivity index (χ0n) is 14.1. The van der Waals surface area contributed by atoms with Crippen LogP contribution < -0.4 is 10.1 Å². The van der Waals surface area contributed by atoms with E-state index >= 15 is 0 Å². The first-order valence-electron chi connectivity index (χ1n) is 7.63. The average molecular weight is 275 g/mol. The highest BCUT2D eigenvalue weighted by atomic mass is 16.5. The first-order valence-corrected chi connectivity index (χ1v) is 7.63. The zero-order valence-corrected chi connectivity index (χ0v) is 14.1. The molecule has 1 aromatic rings. The summed E-state index contributed by atoms with van der Waals surface area (Å²) in [6, 6.07) is 5.09. The Morgan fingerprint density at radius 3 is 2.20 bits per heavy atom. The highest BCUT2D eigenvalue weighted by Crippen LogP contribution is 2.43. The third-order valence-electron chi connectivity index (χ3n) is 4.17. The van der Waals surface area contributed by atoms with Gasteiger partial charge in [0.1, 0.15) is 5.75 Å². The highest BCUT2D eigenvalue weighted by Gasteiger charge is 2.30. The van der Waals surface area contributed by atoms with E-state index in [9.17, 15) is 0 Å². The molecule has 1 aromatic carbocycles. The van der Waals surface area contributed by atoms with Crippen LogP contribution in [-0.2, 0) is 10.8 Å². The molecule has 0 radical (unpaired) electrons. The van der Waals surface area contributed by atoms with Crippen molar-refractivity contribution in [1.82, 2.24) is 5.32 Å². The predicted molar refractivity (Wildman–Crippen MR) is 85.8 cm³/mol. The predicted octanol–water partition coefficient (Wildman–Crippen LogP) is 4.32. The van der Waals surface area contributed by atoms with Gasteiger partial charge < -0.3 is 10.1 Å². The Morgan fingerprint density at radius 1 is 1.05 bits per heavy atom. The summed E-state index contributed by atoms with van der Waals surface area (Å²) < 4.78 is 6.04. The fraction of sp³-hybridized carbons (Fsp3) is 0.667. The SMILES string of the molecule is CNC1CCOc2c1cc(C(C)(C)C)cc2C(C)(C)C. The lowest BCUT2D eigenvalue weighted by molar-refractivity contribution is 0.250. The first kappa shape index (κ1) is 15.4. The number of ether oxygens (including phenoxy) is 1. The normalized spacial score (nSPS) is 19.4. The molecule has 0 saturated heterocycles. The molecule has 1 atom stereocenters. The van der Waals surface area contributed by atoms with Gasteiger partial charge in [-0.2, -0.15) is 0 Å². The molecule has 0 fully saturated rings. The van der Waals surface area contributed by atoms with Crippen LogP contribution in [0, 0.1) is 0 Å². The van der Waals surface area contributed by atoms with Gasteiger partial charge in [-0.05, 0) is 29.5 Å². The maximum atomic E-state index is 6.04. The molecule has 1 aliphatic rings. The highest BCUT2D eigenvalue weighted by molar-refractivity contribution is 5.51. The van der Waals surface area contributed by atoms with Crippen molar-refractivity contribution < 1.29 is 4.74 Å². The molecule has 112 valence electrons. The van der Waals surface area contributed by atoms with Crippen LogP contribution >= 0.6 is 0 Å². The fourth-order valence-electron chi connectivity index (χ4n) is 2.80. The molecule has 0 aromatic heterocycles. The van der Waals surface area contributed by atoms with Gasteiger partial charge in [-0.3, -0.25) is 0 Å². The maximum Gasteiger partial charge on any atom is 0.127 e. The van der Waals surface area contributed by atoms with E-state index in [-0.39, 0.29) is 10.8 Å². The Morgan fingerprint density at radius 2 is 1.70 bits per heavy atom. The number of hydrogen-bond donors (Lipinski definition) is 1. The quantitative estimate of drug-likeness (QED) is 0.824. The van der Waals surface area contributed by atoms with Crippen molar-refractivity contribution in [2.45, 2.75) is 64.8 Å². The Balaban J connectivity index is 2.68.